The van der Waals surface area contributed by atoms with Crippen LogP contribution in [0.2, 0.25) is 5.02 Å². The van der Waals surface area contributed by atoms with Gasteiger partial charge in [0.05, 0.1) is 17.2 Å². The molecule has 1 aliphatic rings. The topological polar surface area (TPSA) is 64.6 Å². The Kier molecular flexibility index (Phi) is 4.96. The number of benzene rings is 1. The molecule has 1 N–H and O–H groups in total. The van der Waals surface area contributed by atoms with Gasteiger partial charge in [-0.25, -0.2) is 9.18 Å². The SMILES string of the molecule is CC(C)(C)OC(=O)[C@]1(NC(=O)c2cc(F)ccc2Cl)CCOC1. The molecule has 1 aliphatic heterocycles. The zero-order chi connectivity index (χ0) is 17.3. The van der Waals surface area contributed by atoms with Gasteiger partial charge in [0.25, 0.3) is 5.91 Å². The van der Waals surface area contributed by atoms with Gasteiger partial charge in [-0.15, -0.1) is 0 Å². The second kappa shape index (κ2) is 6.45. The van der Waals surface area contributed by atoms with Crippen molar-refractivity contribution >= 4 is 23.5 Å². The summed E-state index contributed by atoms with van der Waals surface area (Å²) in [5.41, 5.74) is -2.03. The number of amides is 1. The molecule has 1 aromatic carbocycles. The highest BCUT2D eigenvalue weighted by Crippen LogP contribution is 2.25. The maximum absolute atomic E-state index is 13.3. The van der Waals surface area contributed by atoms with Gasteiger partial charge in [-0.05, 0) is 39.0 Å². The van der Waals surface area contributed by atoms with Crippen molar-refractivity contribution in [1.29, 1.82) is 0 Å². The Balaban J connectivity index is 2.24. The standard InChI is InChI=1S/C16H19ClFNO4/c1-15(2,3)23-14(21)16(6-7-22-9-16)19-13(20)11-8-10(18)4-5-12(11)17/h4-5,8H,6-7,9H2,1-3H3,(H,19,20)/t16-/m0/s1. The molecule has 2 rings (SSSR count). The Hall–Kier alpha value is -1.66. The highest BCUT2D eigenvalue weighted by atomic mass is 35.5. The Morgan fingerprint density at radius 1 is 1.39 bits per heavy atom. The predicted octanol–water partition coefficient (Wildman–Crippen LogP) is 2.71. The van der Waals surface area contributed by atoms with Crippen LogP contribution in [0.15, 0.2) is 18.2 Å². The number of esters is 1. The minimum Gasteiger partial charge on any atom is -0.458 e. The first-order chi connectivity index (χ1) is 10.6. The summed E-state index contributed by atoms with van der Waals surface area (Å²) >= 11 is 5.93. The summed E-state index contributed by atoms with van der Waals surface area (Å²) in [6.07, 6.45) is 0.278. The molecule has 0 radical (unpaired) electrons. The first kappa shape index (κ1) is 17.7. The third-order valence-electron chi connectivity index (χ3n) is 3.34. The van der Waals surface area contributed by atoms with Crippen molar-refractivity contribution in [3.05, 3.63) is 34.6 Å². The van der Waals surface area contributed by atoms with E-state index in [-0.39, 0.29) is 23.6 Å². The van der Waals surface area contributed by atoms with Crippen LogP contribution in [0.3, 0.4) is 0 Å². The molecule has 1 aromatic rings. The number of carbonyl (C=O) groups excluding carboxylic acids is 2. The van der Waals surface area contributed by atoms with E-state index in [4.69, 9.17) is 21.1 Å². The molecule has 0 saturated carbocycles. The lowest BCUT2D eigenvalue weighted by atomic mass is 9.97. The quantitative estimate of drug-likeness (QED) is 0.857. The molecule has 23 heavy (non-hydrogen) atoms. The van der Waals surface area contributed by atoms with Gasteiger partial charge in [-0.1, -0.05) is 11.6 Å². The predicted molar refractivity (Wildman–Crippen MR) is 82.9 cm³/mol. The van der Waals surface area contributed by atoms with Crippen LogP contribution in [0.5, 0.6) is 0 Å². The summed E-state index contributed by atoms with van der Waals surface area (Å²) in [5.74, 6) is -1.82. The van der Waals surface area contributed by atoms with E-state index in [1.165, 1.54) is 6.07 Å². The Morgan fingerprint density at radius 3 is 2.65 bits per heavy atom. The van der Waals surface area contributed by atoms with Crippen molar-refractivity contribution < 1.29 is 23.5 Å². The highest BCUT2D eigenvalue weighted by molar-refractivity contribution is 6.33. The van der Waals surface area contributed by atoms with E-state index >= 15 is 0 Å². The molecule has 0 spiro atoms. The van der Waals surface area contributed by atoms with Gasteiger partial charge in [0.15, 0.2) is 5.54 Å². The van der Waals surface area contributed by atoms with Crippen LogP contribution >= 0.6 is 11.6 Å². The smallest absolute Gasteiger partial charge is 0.334 e. The lowest BCUT2D eigenvalue weighted by molar-refractivity contribution is -0.162. The summed E-state index contributed by atoms with van der Waals surface area (Å²) in [4.78, 5) is 24.9. The summed E-state index contributed by atoms with van der Waals surface area (Å²) < 4.78 is 24.0. The Bertz CT molecular complexity index is 621. The van der Waals surface area contributed by atoms with E-state index in [0.717, 1.165) is 12.1 Å². The number of rotatable bonds is 3. The minimum atomic E-state index is -1.29. The average Bonchev–Trinajstić information content (AvgIpc) is 2.89. The van der Waals surface area contributed by atoms with E-state index in [9.17, 15) is 14.0 Å². The van der Waals surface area contributed by atoms with E-state index in [1.54, 1.807) is 20.8 Å². The molecule has 0 bridgehead atoms. The Labute approximate surface area is 139 Å². The number of ether oxygens (including phenoxy) is 2. The molecule has 126 valence electrons. The fourth-order valence-corrected chi connectivity index (χ4v) is 2.41. The van der Waals surface area contributed by atoms with Crippen molar-refractivity contribution in [2.75, 3.05) is 13.2 Å². The monoisotopic (exact) mass is 343 g/mol. The zero-order valence-corrected chi connectivity index (χ0v) is 14.0. The summed E-state index contributed by atoms with van der Waals surface area (Å²) in [6, 6.07) is 3.47. The number of hydrogen-bond donors (Lipinski definition) is 1. The second-order valence-corrected chi connectivity index (χ2v) is 6.87. The normalized spacial score (nSPS) is 21.1. The number of carbonyl (C=O) groups is 2. The van der Waals surface area contributed by atoms with Crippen LogP contribution in [-0.4, -0.2) is 36.2 Å². The maximum Gasteiger partial charge on any atom is 0.334 e. The molecule has 0 aliphatic carbocycles. The van der Waals surface area contributed by atoms with E-state index in [2.05, 4.69) is 5.32 Å². The van der Waals surface area contributed by atoms with Gasteiger partial charge in [0.1, 0.15) is 11.4 Å². The van der Waals surface area contributed by atoms with Gasteiger partial charge < -0.3 is 14.8 Å². The largest absolute Gasteiger partial charge is 0.458 e. The van der Waals surface area contributed by atoms with Crippen LogP contribution in [0.1, 0.15) is 37.6 Å². The number of halogens is 2. The Morgan fingerprint density at radius 2 is 2.09 bits per heavy atom. The van der Waals surface area contributed by atoms with Gasteiger partial charge >= 0.3 is 5.97 Å². The van der Waals surface area contributed by atoms with Crippen molar-refractivity contribution in [1.82, 2.24) is 5.32 Å². The van der Waals surface area contributed by atoms with Crippen molar-refractivity contribution in [2.24, 2.45) is 0 Å². The van der Waals surface area contributed by atoms with Crippen molar-refractivity contribution in [3.8, 4) is 0 Å². The zero-order valence-electron chi connectivity index (χ0n) is 13.2. The lowest BCUT2D eigenvalue weighted by Crippen LogP contribution is -2.57. The fraction of sp³-hybridized carbons (Fsp3) is 0.500. The van der Waals surface area contributed by atoms with Crippen molar-refractivity contribution in [2.45, 2.75) is 38.3 Å². The summed E-state index contributed by atoms with van der Waals surface area (Å²) in [7, 11) is 0. The molecule has 1 saturated heterocycles. The third kappa shape index (κ3) is 4.20. The highest BCUT2D eigenvalue weighted by Gasteiger charge is 2.46. The molecular formula is C16H19ClFNO4. The fourth-order valence-electron chi connectivity index (χ4n) is 2.21. The first-order valence-electron chi connectivity index (χ1n) is 7.22. The van der Waals surface area contributed by atoms with Crippen LogP contribution in [0, 0.1) is 5.82 Å². The summed E-state index contributed by atoms with van der Waals surface area (Å²) in [5, 5.41) is 2.71. The van der Waals surface area contributed by atoms with Gasteiger partial charge in [0.2, 0.25) is 0 Å². The molecular weight excluding hydrogens is 325 g/mol. The van der Waals surface area contributed by atoms with Gasteiger partial charge in [0, 0.05) is 13.0 Å². The minimum absolute atomic E-state index is 0.000583. The van der Waals surface area contributed by atoms with E-state index in [1.807, 2.05) is 0 Å². The van der Waals surface area contributed by atoms with Crippen LogP contribution < -0.4 is 5.32 Å². The van der Waals surface area contributed by atoms with Crippen molar-refractivity contribution in [3.63, 3.8) is 0 Å². The average molecular weight is 344 g/mol. The molecule has 1 amide bonds. The van der Waals surface area contributed by atoms with E-state index < -0.39 is 28.8 Å². The molecule has 1 heterocycles. The molecule has 1 fully saturated rings. The van der Waals surface area contributed by atoms with Crippen LogP contribution in [0.4, 0.5) is 4.39 Å². The molecule has 1 atom stereocenters. The first-order valence-corrected chi connectivity index (χ1v) is 7.59. The molecule has 5 nitrogen and oxygen atoms in total. The lowest BCUT2D eigenvalue weighted by Gasteiger charge is -2.30. The maximum atomic E-state index is 13.3. The van der Waals surface area contributed by atoms with Gasteiger partial charge in [-0.2, -0.15) is 0 Å². The van der Waals surface area contributed by atoms with E-state index in [0.29, 0.717) is 6.61 Å². The molecule has 0 aromatic heterocycles. The van der Waals surface area contributed by atoms with Gasteiger partial charge in [-0.3, -0.25) is 4.79 Å². The molecule has 0 unspecified atom stereocenters. The number of nitrogens with one attached hydrogen (secondary N) is 1. The molecule has 7 heteroatoms. The summed E-state index contributed by atoms with van der Waals surface area (Å²) in [6.45, 7) is 5.52. The van der Waals surface area contributed by atoms with Crippen LogP contribution in [0.25, 0.3) is 0 Å². The second-order valence-electron chi connectivity index (χ2n) is 6.46. The number of hydrogen-bond acceptors (Lipinski definition) is 4. The third-order valence-corrected chi connectivity index (χ3v) is 3.67. The van der Waals surface area contributed by atoms with Crippen LogP contribution in [-0.2, 0) is 14.3 Å².